The van der Waals surface area contributed by atoms with E-state index in [0.29, 0.717) is 6.04 Å². The molecular formula is C17H26ClN. The Labute approximate surface area is 122 Å². The van der Waals surface area contributed by atoms with Gasteiger partial charge in [0.1, 0.15) is 0 Å². The van der Waals surface area contributed by atoms with Crippen LogP contribution in [0.5, 0.6) is 0 Å². The number of nitrogens with two attached hydrogens (primary N) is 1. The molecule has 2 heteroatoms. The van der Waals surface area contributed by atoms with Gasteiger partial charge in [-0.05, 0) is 74.1 Å². The first kappa shape index (κ1) is 14.9. The van der Waals surface area contributed by atoms with Gasteiger partial charge in [-0.1, -0.05) is 31.0 Å². The van der Waals surface area contributed by atoms with E-state index in [9.17, 15) is 0 Å². The molecule has 0 bridgehead atoms. The highest BCUT2D eigenvalue weighted by molar-refractivity contribution is 6.31. The van der Waals surface area contributed by atoms with Crippen molar-refractivity contribution in [2.24, 2.45) is 5.73 Å². The number of halogens is 1. The fourth-order valence-corrected chi connectivity index (χ4v) is 3.35. The summed E-state index contributed by atoms with van der Waals surface area (Å²) in [6.07, 6.45) is 10.7. The molecule has 0 fully saturated rings. The number of benzene rings is 1. The first-order chi connectivity index (χ1) is 9.20. The van der Waals surface area contributed by atoms with Crippen LogP contribution < -0.4 is 5.73 Å². The summed E-state index contributed by atoms with van der Waals surface area (Å²) >= 11 is 6.41. The fraction of sp³-hybridized carbons (Fsp3) is 0.647. The quantitative estimate of drug-likeness (QED) is 0.805. The molecule has 0 saturated heterocycles. The largest absolute Gasteiger partial charge is 0.328 e. The number of hydrogen-bond donors (Lipinski definition) is 1. The molecule has 106 valence electrons. The second-order valence-electron chi connectivity index (χ2n) is 5.86. The van der Waals surface area contributed by atoms with E-state index in [4.69, 9.17) is 17.3 Å². The molecule has 0 spiro atoms. The van der Waals surface area contributed by atoms with Crippen molar-refractivity contribution < 1.29 is 0 Å². The van der Waals surface area contributed by atoms with Crippen molar-refractivity contribution in [1.29, 1.82) is 0 Å². The molecule has 1 aromatic rings. The summed E-state index contributed by atoms with van der Waals surface area (Å²) < 4.78 is 0. The van der Waals surface area contributed by atoms with E-state index in [1.54, 1.807) is 0 Å². The number of rotatable bonds is 6. The first-order valence-electron chi connectivity index (χ1n) is 7.76. The van der Waals surface area contributed by atoms with E-state index in [-0.39, 0.29) is 0 Å². The Morgan fingerprint density at radius 1 is 1.16 bits per heavy atom. The molecule has 0 saturated carbocycles. The van der Waals surface area contributed by atoms with Crippen molar-refractivity contribution in [3.63, 3.8) is 0 Å². The summed E-state index contributed by atoms with van der Waals surface area (Å²) in [7, 11) is 0. The monoisotopic (exact) mass is 279 g/mol. The van der Waals surface area contributed by atoms with Gasteiger partial charge >= 0.3 is 0 Å². The Kier molecular flexibility index (Phi) is 5.72. The normalized spacial score (nSPS) is 16.2. The molecule has 19 heavy (non-hydrogen) atoms. The van der Waals surface area contributed by atoms with Gasteiger partial charge in [0.2, 0.25) is 0 Å². The summed E-state index contributed by atoms with van der Waals surface area (Å²) in [6.45, 7) is 2.19. The van der Waals surface area contributed by atoms with Crippen LogP contribution in [0.15, 0.2) is 12.1 Å². The molecule has 1 atom stereocenters. The van der Waals surface area contributed by atoms with Crippen LogP contribution in [0.25, 0.3) is 0 Å². The maximum Gasteiger partial charge on any atom is 0.0440 e. The fourth-order valence-electron chi connectivity index (χ4n) is 3.07. The van der Waals surface area contributed by atoms with Gasteiger partial charge in [0.05, 0.1) is 0 Å². The third-order valence-electron chi connectivity index (χ3n) is 4.19. The summed E-state index contributed by atoms with van der Waals surface area (Å²) in [4.78, 5) is 0. The number of hydrogen-bond acceptors (Lipinski definition) is 1. The lowest BCUT2D eigenvalue weighted by atomic mass is 9.89. The highest BCUT2D eigenvalue weighted by Crippen LogP contribution is 2.28. The molecule has 1 aliphatic rings. The Morgan fingerprint density at radius 3 is 2.53 bits per heavy atom. The summed E-state index contributed by atoms with van der Waals surface area (Å²) in [6, 6.07) is 4.92. The van der Waals surface area contributed by atoms with Gasteiger partial charge in [-0.3, -0.25) is 0 Å². The number of fused-ring (bicyclic) bond motifs is 1. The van der Waals surface area contributed by atoms with Crippen molar-refractivity contribution in [3.05, 3.63) is 33.8 Å². The molecule has 0 aliphatic heterocycles. The summed E-state index contributed by atoms with van der Waals surface area (Å²) in [5.41, 5.74) is 10.4. The molecule has 1 aliphatic carbocycles. The van der Waals surface area contributed by atoms with Gasteiger partial charge in [-0.15, -0.1) is 0 Å². The van der Waals surface area contributed by atoms with Crippen molar-refractivity contribution >= 4 is 11.6 Å². The van der Waals surface area contributed by atoms with Crippen molar-refractivity contribution in [2.75, 3.05) is 0 Å². The second kappa shape index (κ2) is 7.31. The molecule has 2 N–H and O–H groups in total. The highest BCUT2D eigenvalue weighted by atomic mass is 35.5. The predicted octanol–water partition coefficient (Wildman–Crippen LogP) is 4.67. The Hall–Kier alpha value is -0.530. The van der Waals surface area contributed by atoms with Crippen molar-refractivity contribution in [2.45, 2.75) is 70.8 Å². The standard InChI is InChI=1S/C17H26ClN/c1-2-6-16(19)10-5-9-15-11-13-7-3-4-8-14(13)12-17(15)18/h11-12,16H,2-10,19H2,1H3. The Morgan fingerprint density at radius 2 is 1.84 bits per heavy atom. The van der Waals surface area contributed by atoms with Gasteiger partial charge in [0.25, 0.3) is 0 Å². The zero-order valence-corrected chi connectivity index (χ0v) is 12.8. The topological polar surface area (TPSA) is 26.0 Å². The smallest absolute Gasteiger partial charge is 0.0440 e. The van der Waals surface area contributed by atoms with Crippen molar-refractivity contribution in [3.8, 4) is 0 Å². The maximum absolute atomic E-state index is 6.41. The summed E-state index contributed by atoms with van der Waals surface area (Å²) in [5.74, 6) is 0. The van der Waals surface area contributed by atoms with Crippen LogP contribution in [0.4, 0.5) is 0 Å². The Bertz CT molecular complexity index is 414. The molecular weight excluding hydrogens is 254 g/mol. The lowest BCUT2D eigenvalue weighted by Crippen LogP contribution is -2.19. The van der Waals surface area contributed by atoms with E-state index in [1.165, 1.54) is 48.8 Å². The highest BCUT2D eigenvalue weighted by Gasteiger charge is 2.12. The zero-order chi connectivity index (χ0) is 13.7. The predicted molar refractivity (Wildman–Crippen MR) is 83.9 cm³/mol. The van der Waals surface area contributed by atoms with Crippen LogP contribution >= 0.6 is 11.6 Å². The van der Waals surface area contributed by atoms with Crippen LogP contribution in [-0.4, -0.2) is 6.04 Å². The van der Waals surface area contributed by atoms with E-state index >= 15 is 0 Å². The molecule has 2 rings (SSSR count). The maximum atomic E-state index is 6.41. The van der Waals surface area contributed by atoms with Crippen LogP contribution in [0.3, 0.4) is 0 Å². The molecule has 0 radical (unpaired) electrons. The van der Waals surface area contributed by atoms with Crippen LogP contribution in [0.1, 0.15) is 62.1 Å². The molecule has 1 nitrogen and oxygen atoms in total. The third-order valence-corrected chi connectivity index (χ3v) is 4.54. The van der Waals surface area contributed by atoms with E-state index in [2.05, 4.69) is 19.1 Å². The van der Waals surface area contributed by atoms with Crippen LogP contribution in [-0.2, 0) is 19.3 Å². The Balaban J connectivity index is 1.93. The van der Waals surface area contributed by atoms with E-state index < -0.39 is 0 Å². The van der Waals surface area contributed by atoms with E-state index in [1.807, 2.05) is 0 Å². The zero-order valence-electron chi connectivity index (χ0n) is 12.1. The molecule has 0 amide bonds. The van der Waals surface area contributed by atoms with Crippen LogP contribution in [0, 0.1) is 0 Å². The van der Waals surface area contributed by atoms with Gasteiger partial charge in [0.15, 0.2) is 0 Å². The lowest BCUT2D eigenvalue weighted by molar-refractivity contribution is 0.539. The van der Waals surface area contributed by atoms with Gasteiger partial charge in [-0.2, -0.15) is 0 Å². The molecule has 1 aromatic carbocycles. The number of aryl methyl sites for hydroxylation is 3. The third kappa shape index (κ3) is 4.22. The minimum atomic E-state index is 0.362. The molecule has 0 heterocycles. The lowest BCUT2D eigenvalue weighted by Gasteiger charge is -2.18. The SMILES string of the molecule is CCCC(N)CCCc1cc2c(cc1Cl)CCCC2. The first-order valence-corrected chi connectivity index (χ1v) is 8.14. The second-order valence-corrected chi connectivity index (χ2v) is 6.27. The molecule has 1 unspecified atom stereocenters. The average molecular weight is 280 g/mol. The minimum absolute atomic E-state index is 0.362. The van der Waals surface area contributed by atoms with E-state index in [0.717, 1.165) is 30.7 Å². The van der Waals surface area contributed by atoms with Gasteiger partial charge < -0.3 is 5.73 Å². The van der Waals surface area contributed by atoms with Gasteiger partial charge in [-0.25, -0.2) is 0 Å². The van der Waals surface area contributed by atoms with Crippen LogP contribution in [0.2, 0.25) is 5.02 Å². The average Bonchev–Trinajstić information content (AvgIpc) is 2.39. The molecule has 0 aromatic heterocycles. The minimum Gasteiger partial charge on any atom is -0.328 e. The van der Waals surface area contributed by atoms with Crippen molar-refractivity contribution in [1.82, 2.24) is 0 Å². The summed E-state index contributed by atoms with van der Waals surface area (Å²) in [5, 5.41) is 0.963. The van der Waals surface area contributed by atoms with Gasteiger partial charge in [0, 0.05) is 11.1 Å².